The normalized spacial score (nSPS) is 12.9. The molecule has 0 unspecified atom stereocenters. The van der Waals surface area contributed by atoms with E-state index in [0.29, 0.717) is 24.3 Å². The van der Waals surface area contributed by atoms with Gasteiger partial charge in [0.05, 0.1) is 5.69 Å². The van der Waals surface area contributed by atoms with E-state index in [2.05, 4.69) is 10.2 Å². The first kappa shape index (κ1) is 11.9. The minimum absolute atomic E-state index is 0.127. The van der Waals surface area contributed by atoms with E-state index < -0.39 is 0 Å². The van der Waals surface area contributed by atoms with Gasteiger partial charge in [0.15, 0.2) is 11.5 Å². The zero-order valence-corrected chi connectivity index (χ0v) is 10.6. The van der Waals surface area contributed by atoms with Crippen molar-refractivity contribution in [1.82, 2.24) is 10.2 Å². The molecule has 1 aliphatic heterocycles. The smallest absolute Gasteiger partial charge is 0.267 e. The Bertz CT molecular complexity index is 672. The molecule has 0 amide bonds. The molecule has 0 aliphatic carbocycles. The number of rotatable bonds is 3. The molecule has 0 saturated heterocycles. The maximum atomic E-state index is 11.8. The summed E-state index contributed by atoms with van der Waals surface area (Å²) in [5.74, 6) is 1.43. The lowest BCUT2D eigenvalue weighted by atomic mass is 10.0. The lowest BCUT2D eigenvalue weighted by molar-refractivity contribution is 0.174. The first-order chi connectivity index (χ1) is 9.20. The fourth-order valence-electron chi connectivity index (χ4n) is 2.31. The Morgan fingerprint density at radius 3 is 2.74 bits per heavy atom. The van der Waals surface area contributed by atoms with Crippen molar-refractivity contribution in [2.75, 3.05) is 13.3 Å². The SMILES string of the molecule is Cc1cc2c(cc1-c1[nH][nH]c(=O)c1CCN)OCO2. The van der Waals surface area contributed by atoms with Gasteiger partial charge in [-0.3, -0.25) is 15.0 Å². The fourth-order valence-corrected chi connectivity index (χ4v) is 2.31. The number of aromatic amines is 2. The molecular weight excluding hydrogens is 246 g/mol. The summed E-state index contributed by atoms with van der Waals surface area (Å²) in [7, 11) is 0. The molecule has 0 fully saturated rings. The summed E-state index contributed by atoms with van der Waals surface area (Å²) < 4.78 is 10.7. The molecule has 0 bridgehead atoms. The molecule has 6 nitrogen and oxygen atoms in total. The van der Waals surface area contributed by atoms with E-state index in [1.54, 1.807) is 0 Å². The Kier molecular flexibility index (Phi) is 2.79. The second-order valence-corrected chi connectivity index (χ2v) is 4.49. The second kappa shape index (κ2) is 4.47. The molecule has 2 aromatic rings. The molecule has 0 radical (unpaired) electrons. The zero-order valence-electron chi connectivity index (χ0n) is 10.6. The Morgan fingerprint density at radius 1 is 1.26 bits per heavy atom. The van der Waals surface area contributed by atoms with Crippen LogP contribution in [-0.4, -0.2) is 23.5 Å². The number of benzene rings is 1. The molecule has 19 heavy (non-hydrogen) atoms. The standard InChI is InChI=1S/C13H15N3O3/c1-7-4-10-11(19-6-18-10)5-9(7)12-8(2-3-14)13(17)16-15-12/h4-5H,2-3,6,14H2,1H3,(H2,15,16,17). The van der Waals surface area contributed by atoms with Gasteiger partial charge in [0.1, 0.15) is 0 Å². The molecule has 0 spiro atoms. The van der Waals surface area contributed by atoms with Gasteiger partial charge in [-0.1, -0.05) is 0 Å². The van der Waals surface area contributed by atoms with Crippen molar-refractivity contribution in [3.8, 4) is 22.8 Å². The van der Waals surface area contributed by atoms with Crippen LogP contribution in [-0.2, 0) is 6.42 Å². The van der Waals surface area contributed by atoms with Crippen LogP contribution >= 0.6 is 0 Å². The van der Waals surface area contributed by atoms with E-state index in [0.717, 1.165) is 22.6 Å². The van der Waals surface area contributed by atoms with E-state index in [1.807, 2.05) is 19.1 Å². The van der Waals surface area contributed by atoms with Crippen LogP contribution < -0.4 is 20.8 Å². The molecule has 4 N–H and O–H groups in total. The highest BCUT2D eigenvalue weighted by Gasteiger charge is 2.19. The van der Waals surface area contributed by atoms with Crippen LogP contribution in [0.15, 0.2) is 16.9 Å². The number of hydrogen-bond acceptors (Lipinski definition) is 4. The summed E-state index contributed by atoms with van der Waals surface area (Å²) >= 11 is 0. The second-order valence-electron chi connectivity index (χ2n) is 4.49. The third-order valence-electron chi connectivity index (χ3n) is 3.26. The fraction of sp³-hybridized carbons (Fsp3) is 0.308. The van der Waals surface area contributed by atoms with Gasteiger partial charge in [-0.2, -0.15) is 0 Å². The average molecular weight is 261 g/mol. The zero-order chi connectivity index (χ0) is 13.4. The Hall–Kier alpha value is -2.21. The van der Waals surface area contributed by atoms with Gasteiger partial charge >= 0.3 is 0 Å². The van der Waals surface area contributed by atoms with E-state index in [-0.39, 0.29) is 12.4 Å². The maximum absolute atomic E-state index is 11.8. The summed E-state index contributed by atoms with van der Waals surface area (Å²) in [5.41, 5.74) is 8.80. The lowest BCUT2D eigenvalue weighted by Gasteiger charge is -2.07. The van der Waals surface area contributed by atoms with Crippen molar-refractivity contribution in [2.24, 2.45) is 5.73 Å². The van der Waals surface area contributed by atoms with E-state index in [9.17, 15) is 4.79 Å². The van der Waals surface area contributed by atoms with Crippen LogP contribution in [0, 0.1) is 6.92 Å². The number of fused-ring (bicyclic) bond motifs is 1. The van der Waals surface area contributed by atoms with Gasteiger partial charge in [-0.25, -0.2) is 0 Å². The topological polar surface area (TPSA) is 93.1 Å². The molecule has 1 aliphatic rings. The van der Waals surface area contributed by atoms with Gasteiger partial charge in [0, 0.05) is 11.1 Å². The molecule has 3 rings (SSSR count). The molecule has 0 saturated carbocycles. The van der Waals surface area contributed by atoms with Gasteiger partial charge in [-0.15, -0.1) is 0 Å². The third kappa shape index (κ3) is 1.90. The van der Waals surface area contributed by atoms with E-state index in [1.165, 1.54) is 0 Å². The minimum Gasteiger partial charge on any atom is -0.454 e. The Morgan fingerprint density at radius 2 is 2.00 bits per heavy atom. The van der Waals surface area contributed by atoms with Crippen molar-refractivity contribution >= 4 is 0 Å². The van der Waals surface area contributed by atoms with Gasteiger partial charge in [-0.05, 0) is 37.6 Å². The molecule has 0 atom stereocenters. The summed E-state index contributed by atoms with van der Waals surface area (Å²) in [5, 5.41) is 5.53. The molecule has 6 heteroatoms. The minimum atomic E-state index is -0.127. The summed E-state index contributed by atoms with van der Waals surface area (Å²) in [6.07, 6.45) is 0.530. The van der Waals surface area contributed by atoms with E-state index >= 15 is 0 Å². The van der Waals surface area contributed by atoms with Crippen molar-refractivity contribution in [1.29, 1.82) is 0 Å². The lowest BCUT2D eigenvalue weighted by Crippen LogP contribution is -2.12. The van der Waals surface area contributed by atoms with Crippen molar-refractivity contribution < 1.29 is 9.47 Å². The van der Waals surface area contributed by atoms with Crippen molar-refractivity contribution in [3.05, 3.63) is 33.6 Å². The predicted molar refractivity (Wildman–Crippen MR) is 70.5 cm³/mol. The highest BCUT2D eigenvalue weighted by atomic mass is 16.7. The highest BCUT2D eigenvalue weighted by Crippen LogP contribution is 2.38. The largest absolute Gasteiger partial charge is 0.454 e. The number of ether oxygens (including phenoxy) is 2. The van der Waals surface area contributed by atoms with Gasteiger partial charge < -0.3 is 15.2 Å². The Labute approximate surface area is 109 Å². The molecule has 1 aromatic heterocycles. The third-order valence-corrected chi connectivity index (χ3v) is 3.26. The number of nitrogens with two attached hydrogens (primary N) is 1. The number of hydrogen-bond donors (Lipinski definition) is 3. The summed E-state index contributed by atoms with van der Waals surface area (Å²) in [6.45, 7) is 2.63. The molecule has 1 aromatic carbocycles. The maximum Gasteiger partial charge on any atom is 0.267 e. The predicted octanol–water partition coefficient (Wildman–Crippen LogP) is 0.908. The number of aromatic nitrogens is 2. The highest BCUT2D eigenvalue weighted by molar-refractivity contribution is 5.70. The van der Waals surface area contributed by atoms with Crippen LogP contribution in [0.2, 0.25) is 0 Å². The number of nitrogens with one attached hydrogen (secondary N) is 2. The molecule has 2 heterocycles. The van der Waals surface area contributed by atoms with Crippen LogP contribution in [0.4, 0.5) is 0 Å². The van der Waals surface area contributed by atoms with Crippen LogP contribution in [0.25, 0.3) is 11.3 Å². The quantitative estimate of drug-likeness (QED) is 0.765. The van der Waals surface area contributed by atoms with E-state index in [4.69, 9.17) is 15.2 Å². The molecule has 100 valence electrons. The first-order valence-electron chi connectivity index (χ1n) is 6.11. The Balaban J connectivity index is 2.14. The summed E-state index contributed by atoms with van der Waals surface area (Å²) in [6, 6.07) is 3.80. The van der Waals surface area contributed by atoms with Crippen molar-refractivity contribution in [2.45, 2.75) is 13.3 Å². The first-order valence-corrected chi connectivity index (χ1v) is 6.11. The number of aryl methyl sites for hydroxylation is 1. The summed E-state index contributed by atoms with van der Waals surface area (Å²) in [4.78, 5) is 11.8. The average Bonchev–Trinajstić information content (AvgIpc) is 2.97. The van der Waals surface area contributed by atoms with Crippen LogP contribution in [0.5, 0.6) is 11.5 Å². The van der Waals surface area contributed by atoms with Crippen molar-refractivity contribution in [3.63, 3.8) is 0 Å². The van der Waals surface area contributed by atoms with Crippen LogP contribution in [0.3, 0.4) is 0 Å². The monoisotopic (exact) mass is 261 g/mol. The molecular formula is C13H15N3O3. The van der Waals surface area contributed by atoms with Crippen LogP contribution in [0.1, 0.15) is 11.1 Å². The van der Waals surface area contributed by atoms with Gasteiger partial charge in [0.2, 0.25) is 6.79 Å². The number of H-pyrrole nitrogens is 2. The van der Waals surface area contributed by atoms with Gasteiger partial charge in [0.25, 0.3) is 5.56 Å².